The van der Waals surface area contributed by atoms with Gasteiger partial charge < -0.3 is 5.73 Å². The molecule has 2 heterocycles. The van der Waals surface area contributed by atoms with Gasteiger partial charge >= 0.3 is 5.00 Å². The van der Waals surface area contributed by atoms with Crippen molar-refractivity contribution in [1.82, 2.24) is 0 Å². The van der Waals surface area contributed by atoms with Crippen LogP contribution in [0.5, 0.6) is 0 Å². The number of nitro groups is 1. The Kier molecular flexibility index (Phi) is 5.17. The number of allylic oxidation sites excluding steroid dienone is 3. The van der Waals surface area contributed by atoms with E-state index in [-0.39, 0.29) is 34.3 Å². The summed E-state index contributed by atoms with van der Waals surface area (Å²) in [5.41, 5.74) is 7.45. The van der Waals surface area contributed by atoms with Crippen LogP contribution in [0.25, 0.3) is 0 Å². The van der Waals surface area contributed by atoms with Crippen molar-refractivity contribution in [3.05, 3.63) is 78.3 Å². The number of nitrogens with zero attached hydrogens (tertiary/aromatic N) is 3. The highest BCUT2D eigenvalue weighted by atomic mass is 79.9. The van der Waals surface area contributed by atoms with Crippen molar-refractivity contribution < 1.29 is 14.1 Å². The Morgan fingerprint density at radius 3 is 2.73 bits per heavy atom. The van der Waals surface area contributed by atoms with Crippen molar-refractivity contribution in [1.29, 1.82) is 5.26 Å². The highest BCUT2D eigenvalue weighted by Gasteiger charge is 2.41. The molecule has 1 aliphatic carbocycles. The average Bonchev–Trinajstić information content (AvgIpc) is 3.18. The van der Waals surface area contributed by atoms with Gasteiger partial charge in [0.1, 0.15) is 11.6 Å². The molecule has 1 aliphatic heterocycles. The molecule has 7 nitrogen and oxygen atoms in total. The normalized spacial score (nSPS) is 19.0. The standard InChI is InChI=1S/C20H14BrFN4O3S/c21-10-4-5-13(12(22)8-10)25-14-2-1-3-15(27)19(14)18(11(9-23)20(25)24)16-6-7-17(30-16)26(28)29/h4-8,18H,1-3,24H2. The van der Waals surface area contributed by atoms with Gasteiger partial charge in [0.25, 0.3) is 0 Å². The number of nitrogens with two attached hydrogens (primary N) is 1. The second-order valence-electron chi connectivity index (χ2n) is 6.85. The third kappa shape index (κ3) is 3.20. The monoisotopic (exact) mass is 488 g/mol. The number of carbonyl (C=O) groups is 1. The van der Waals surface area contributed by atoms with Gasteiger partial charge in [-0.2, -0.15) is 5.26 Å². The number of thiophene rings is 1. The third-order valence-electron chi connectivity index (χ3n) is 5.14. The molecule has 4 rings (SSSR count). The summed E-state index contributed by atoms with van der Waals surface area (Å²) in [6, 6.07) is 9.41. The number of rotatable bonds is 3. The van der Waals surface area contributed by atoms with E-state index in [9.17, 15) is 24.6 Å². The van der Waals surface area contributed by atoms with Gasteiger partial charge in [0.15, 0.2) is 5.78 Å². The first-order valence-corrected chi connectivity index (χ1v) is 10.6. The fraction of sp³-hybridized carbons (Fsp3) is 0.200. The Hall–Kier alpha value is -3.03. The maximum absolute atomic E-state index is 14.8. The van der Waals surface area contributed by atoms with E-state index in [0.29, 0.717) is 33.5 Å². The maximum Gasteiger partial charge on any atom is 0.324 e. The molecule has 1 atom stereocenters. The average molecular weight is 489 g/mol. The first-order chi connectivity index (χ1) is 14.3. The van der Waals surface area contributed by atoms with E-state index >= 15 is 0 Å². The van der Waals surface area contributed by atoms with Gasteiger partial charge in [0.05, 0.1) is 28.2 Å². The minimum atomic E-state index is -0.800. The summed E-state index contributed by atoms with van der Waals surface area (Å²) in [4.78, 5) is 25.5. The number of benzene rings is 1. The van der Waals surface area contributed by atoms with Crippen LogP contribution in [0.15, 0.2) is 57.5 Å². The molecule has 0 saturated heterocycles. The Balaban J connectivity index is 1.96. The van der Waals surface area contributed by atoms with Crippen molar-refractivity contribution in [3.63, 3.8) is 0 Å². The Morgan fingerprint density at radius 1 is 1.33 bits per heavy atom. The number of halogens is 2. The van der Waals surface area contributed by atoms with Crippen LogP contribution in [0, 0.1) is 27.3 Å². The van der Waals surface area contributed by atoms with Gasteiger partial charge in [-0.1, -0.05) is 27.3 Å². The largest absolute Gasteiger partial charge is 0.384 e. The smallest absolute Gasteiger partial charge is 0.324 e. The molecule has 0 bridgehead atoms. The minimum Gasteiger partial charge on any atom is -0.384 e. The second-order valence-corrected chi connectivity index (χ2v) is 8.85. The molecular weight excluding hydrogens is 475 g/mol. The summed E-state index contributed by atoms with van der Waals surface area (Å²) in [6.07, 6.45) is 1.33. The van der Waals surface area contributed by atoms with E-state index in [2.05, 4.69) is 22.0 Å². The molecule has 1 aromatic carbocycles. The fourth-order valence-electron chi connectivity index (χ4n) is 3.90. The van der Waals surface area contributed by atoms with Crippen LogP contribution in [0.3, 0.4) is 0 Å². The molecule has 0 spiro atoms. The first-order valence-electron chi connectivity index (χ1n) is 8.98. The van der Waals surface area contributed by atoms with E-state index < -0.39 is 16.7 Å². The van der Waals surface area contributed by atoms with Crippen LogP contribution in [0.4, 0.5) is 15.1 Å². The number of nitriles is 1. The number of ketones is 1. The zero-order valence-corrected chi connectivity index (χ0v) is 17.8. The van der Waals surface area contributed by atoms with E-state index in [0.717, 1.165) is 11.3 Å². The summed E-state index contributed by atoms with van der Waals surface area (Å²) in [7, 11) is 0. The lowest BCUT2D eigenvalue weighted by Gasteiger charge is -2.39. The van der Waals surface area contributed by atoms with E-state index in [1.165, 1.54) is 23.1 Å². The molecule has 30 heavy (non-hydrogen) atoms. The molecule has 0 amide bonds. The Bertz CT molecular complexity index is 1200. The van der Waals surface area contributed by atoms with Crippen molar-refractivity contribution in [2.24, 2.45) is 5.73 Å². The first kappa shape index (κ1) is 20.3. The van der Waals surface area contributed by atoms with Crippen molar-refractivity contribution >= 4 is 43.7 Å². The van der Waals surface area contributed by atoms with Crippen molar-refractivity contribution in [2.75, 3.05) is 4.90 Å². The van der Waals surface area contributed by atoms with Crippen LogP contribution in [-0.2, 0) is 4.79 Å². The predicted molar refractivity (Wildman–Crippen MR) is 113 cm³/mol. The Morgan fingerprint density at radius 2 is 2.10 bits per heavy atom. The lowest BCUT2D eigenvalue weighted by molar-refractivity contribution is -0.380. The van der Waals surface area contributed by atoms with E-state index in [1.54, 1.807) is 12.1 Å². The molecule has 152 valence electrons. The second kappa shape index (κ2) is 7.66. The Labute approximate surface area is 183 Å². The third-order valence-corrected chi connectivity index (χ3v) is 6.74. The van der Waals surface area contributed by atoms with Gasteiger partial charge in [-0.3, -0.25) is 19.8 Å². The highest BCUT2D eigenvalue weighted by molar-refractivity contribution is 9.10. The minimum absolute atomic E-state index is 0.0215. The van der Waals surface area contributed by atoms with Crippen LogP contribution >= 0.6 is 27.3 Å². The molecule has 2 aromatic rings. The predicted octanol–water partition coefficient (Wildman–Crippen LogP) is 4.86. The number of anilines is 1. The summed E-state index contributed by atoms with van der Waals surface area (Å²) in [5, 5.41) is 20.9. The SMILES string of the molecule is N#CC1=C(N)N(c2ccc(Br)cc2F)C2=C(C(=O)CCC2)C1c1ccc([N+](=O)[O-])s1. The van der Waals surface area contributed by atoms with Crippen LogP contribution in [0.1, 0.15) is 30.1 Å². The van der Waals surface area contributed by atoms with Crippen LogP contribution < -0.4 is 10.6 Å². The molecule has 2 aliphatic rings. The lowest BCUT2D eigenvalue weighted by Crippen LogP contribution is -2.39. The number of hydrogen-bond donors (Lipinski definition) is 1. The molecule has 2 N–H and O–H groups in total. The van der Waals surface area contributed by atoms with E-state index in [1.807, 2.05) is 0 Å². The summed E-state index contributed by atoms with van der Waals surface area (Å²) < 4.78 is 15.3. The fourth-order valence-corrected chi connectivity index (χ4v) is 5.18. The van der Waals surface area contributed by atoms with Gasteiger partial charge in [-0.15, -0.1) is 0 Å². The number of Topliss-reactive ketones (excluding diaryl/α,β-unsaturated/α-hetero) is 1. The molecule has 1 aromatic heterocycles. The molecule has 0 radical (unpaired) electrons. The quantitative estimate of drug-likeness (QED) is 0.487. The van der Waals surface area contributed by atoms with Crippen molar-refractivity contribution in [3.8, 4) is 6.07 Å². The topological polar surface area (TPSA) is 113 Å². The summed E-state index contributed by atoms with van der Waals surface area (Å²) in [5.74, 6) is -1.50. The number of hydrogen-bond acceptors (Lipinski definition) is 7. The van der Waals surface area contributed by atoms with E-state index in [4.69, 9.17) is 5.73 Å². The summed E-state index contributed by atoms with van der Waals surface area (Å²) >= 11 is 4.12. The molecule has 0 saturated carbocycles. The zero-order chi connectivity index (χ0) is 21.6. The summed E-state index contributed by atoms with van der Waals surface area (Å²) in [6.45, 7) is 0. The molecule has 10 heteroatoms. The lowest BCUT2D eigenvalue weighted by atomic mass is 9.78. The van der Waals surface area contributed by atoms with Crippen molar-refractivity contribution in [2.45, 2.75) is 25.2 Å². The van der Waals surface area contributed by atoms with Gasteiger partial charge in [-0.05, 0) is 37.1 Å². The number of carbonyl (C=O) groups excluding carboxylic acids is 1. The zero-order valence-electron chi connectivity index (χ0n) is 15.4. The highest BCUT2D eigenvalue weighted by Crippen LogP contribution is 2.48. The van der Waals surface area contributed by atoms with Crippen LogP contribution in [-0.4, -0.2) is 10.7 Å². The molecule has 0 fully saturated rings. The molecule has 1 unspecified atom stereocenters. The van der Waals surface area contributed by atoms with Gasteiger partial charge in [0.2, 0.25) is 0 Å². The van der Waals surface area contributed by atoms with Gasteiger partial charge in [-0.25, -0.2) is 4.39 Å². The van der Waals surface area contributed by atoms with Crippen LogP contribution in [0.2, 0.25) is 0 Å². The molecular formula is C20H14BrFN4O3S. The maximum atomic E-state index is 14.8. The van der Waals surface area contributed by atoms with Gasteiger partial charge in [0, 0.05) is 33.1 Å².